The van der Waals surface area contributed by atoms with Crippen LogP contribution in [0.15, 0.2) is 43.0 Å². The number of hydrogen-bond acceptors (Lipinski definition) is 5. The minimum Gasteiger partial charge on any atom is -0.465 e. The van der Waals surface area contributed by atoms with Crippen molar-refractivity contribution in [1.82, 2.24) is 0 Å². The third kappa shape index (κ3) is 3.74. The summed E-state index contributed by atoms with van der Waals surface area (Å²) in [5, 5.41) is 0. The van der Waals surface area contributed by atoms with Gasteiger partial charge in [0.15, 0.2) is 5.75 Å². The number of hydrogen-bond donors (Lipinski definition) is 0. The van der Waals surface area contributed by atoms with Crippen molar-refractivity contribution in [2.75, 3.05) is 12.0 Å². The molecule has 3 rings (SSSR count). The highest BCUT2D eigenvalue weighted by molar-refractivity contribution is 6.12. The number of rotatable bonds is 6. The summed E-state index contributed by atoms with van der Waals surface area (Å²) in [4.78, 5) is 40.0. The molecule has 0 aromatic heterocycles. The number of methoxy groups -OCH3 is 1. The number of fused-ring (bicyclic) bond motifs is 1. The summed E-state index contributed by atoms with van der Waals surface area (Å²) in [6, 6.07) is 9.66. The molecule has 6 heteroatoms. The van der Waals surface area contributed by atoms with Crippen LogP contribution in [-0.2, 0) is 32.7 Å². The molecule has 0 spiro atoms. The maximum Gasteiger partial charge on any atom is 0.341 e. The van der Waals surface area contributed by atoms with E-state index in [-0.39, 0.29) is 17.2 Å². The van der Waals surface area contributed by atoms with Gasteiger partial charge in [-0.15, -0.1) is 6.58 Å². The summed E-state index contributed by atoms with van der Waals surface area (Å²) in [6.07, 6.45) is 2.02. The monoisotopic (exact) mass is 421 g/mol. The van der Waals surface area contributed by atoms with E-state index in [1.165, 1.54) is 14.0 Å². The summed E-state index contributed by atoms with van der Waals surface area (Å²) in [5.41, 5.74) is 2.71. The van der Waals surface area contributed by atoms with E-state index in [9.17, 15) is 14.4 Å². The van der Waals surface area contributed by atoms with Gasteiger partial charge in [0.1, 0.15) is 5.56 Å². The third-order valence-corrected chi connectivity index (χ3v) is 5.64. The van der Waals surface area contributed by atoms with Crippen molar-refractivity contribution in [1.29, 1.82) is 0 Å². The molecule has 0 saturated heterocycles. The van der Waals surface area contributed by atoms with E-state index in [1.807, 2.05) is 37.3 Å². The Balaban J connectivity index is 2.38. The van der Waals surface area contributed by atoms with Crippen LogP contribution in [0.2, 0.25) is 0 Å². The molecule has 0 fully saturated rings. The standard InChI is InChI=1S/C25H27NO5/c1-7-11-18-15(2)21-20(22(31-16(3)27)19(18)23(28)30-6)25(4,5)24(29)26(21)14-17-12-9-8-10-13-17/h7-10,12-13H,1,11,14H2,2-6H3. The smallest absolute Gasteiger partial charge is 0.341 e. The van der Waals surface area contributed by atoms with Gasteiger partial charge in [0, 0.05) is 12.5 Å². The molecule has 1 aliphatic heterocycles. The second-order valence-corrected chi connectivity index (χ2v) is 8.11. The maximum absolute atomic E-state index is 13.5. The number of amides is 1. The molecule has 31 heavy (non-hydrogen) atoms. The van der Waals surface area contributed by atoms with Gasteiger partial charge in [-0.1, -0.05) is 36.4 Å². The van der Waals surface area contributed by atoms with Crippen molar-refractivity contribution in [2.24, 2.45) is 0 Å². The SMILES string of the molecule is C=CCc1c(C)c2c(c(OC(C)=O)c1C(=O)OC)C(C)(C)C(=O)N2Cc1ccccc1. The Morgan fingerprint density at radius 3 is 2.39 bits per heavy atom. The quantitative estimate of drug-likeness (QED) is 0.396. The highest BCUT2D eigenvalue weighted by atomic mass is 16.5. The topological polar surface area (TPSA) is 72.9 Å². The van der Waals surface area contributed by atoms with Crippen LogP contribution < -0.4 is 9.64 Å². The average Bonchev–Trinajstić information content (AvgIpc) is 2.92. The Kier molecular flexibility index (Phi) is 6.02. The molecule has 2 aromatic rings. The molecule has 0 saturated carbocycles. The molecule has 0 radical (unpaired) electrons. The van der Waals surface area contributed by atoms with Gasteiger partial charge in [-0.3, -0.25) is 9.59 Å². The van der Waals surface area contributed by atoms with Gasteiger partial charge in [0.05, 0.1) is 24.8 Å². The lowest BCUT2D eigenvalue weighted by atomic mass is 9.81. The largest absolute Gasteiger partial charge is 0.465 e. The molecule has 6 nitrogen and oxygen atoms in total. The van der Waals surface area contributed by atoms with Gasteiger partial charge < -0.3 is 14.4 Å². The van der Waals surface area contributed by atoms with E-state index in [0.29, 0.717) is 29.8 Å². The van der Waals surface area contributed by atoms with Crippen molar-refractivity contribution >= 4 is 23.5 Å². The first kappa shape index (κ1) is 22.3. The lowest BCUT2D eigenvalue weighted by Gasteiger charge is -2.24. The van der Waals surface area contributed by atoms with Crippen LogP contribution >= 0.6 is 0 Å². The Morgan fingerprint density at radius 1 is 1.19 bits per heavy atom. The molecule has 162 valence electrons. The van der Waals surface area contributed by atoms with Crippen LogP contribution in [0.1, 0.15) is 53.4 Å². The first-order valence-electron chi connectivity index (χ1n) is 10.1. The van der Waals surface area contributed by atoms with Crippen molar-refractivity contribution in [3.63, 3.8) is 0 Å². The molecule has 2 aromatic carbocycles. The molecular formula is C25H27NO5. The van der Waals surface area contributed by atoms with E-state index in [1.54, 1.807) is 24.8 Å². The maximum atomic E-state index is 13.5. The Bertz CT molecular complexity index is 1070. The van der Waals surface area contributed by atoms with Crippen LogP contribution in [0.25, 0.3) is 0 Å². The molecule has 1 heterocycles. The van der Waals surface area contributed by atoms with E-state index >= 15 is 0 Å². The summed E-state index contributed by atoms with van der Waals surface area (Å²) < 4.78 is 10.6. The van der Waals surface area contributed by atoms with Gasteiger partial charge in [-0.05, 0) is 43.9 Å². The minimum atomic E-state index is -1.00. The number of benzene rings is 2. The number of carbonyl (C=O) groups is 3. The fourth-order valence-electron chi connectivity index (χ4n) is 4.23. The predicted molar refractivity (Wildman–Crippen MR) is 118 cm³/mol. The van der Waals surface area contributed by atoms with Crippen LogP contribution in [0, 0.1) is 6.92 Å². The highest BCUT2D eigenvalue weighted by Crippen LogP contribution is 2.52. The lowest BCUT2D eigenvalue weighted by Crippen LogP contribution is -2.36. The van der Waals surface area contributed by atoms with Crippen LogP contribution in [0.5, 0.6) is 5.75 Å². The number of esters is 2. The normalized spacial score (nSPS) is 14.2. The van der Waals surface area contributed by atoms with Crippen molar-refractivity contribution < 1.29 is 23.9 Å². The number of ether oxygens (including phenoxy) is 2. The molecule has 1 aliphatic rings. The minimum absolute atomic E-state index is 0.0886. The molecule has 0 N–H and O–H groups in total. The summed E-state index contributed by atoms with van der Waals surface area (Å²) in [6.45, 7) is 10.9. The predicted octanol–water partition coefficient (Wildman–Crippen LogP) is 4.26. The second kappa shape index (κ2) is 8.38. The van der Waals surface area contributed by atoms with Gasteiger partial charge in [-0.2, -0.15) is 0 Å². The second-order valence-electron chi connectivity index (χ2n) is 8.11. The molecule has 0 bridgehead atoms. The molecular weight excluding hydrogens is 394 g/mol. The third-order valence-electron chi connectivity index (χ3n) is 5.64. The van der Waals surface area contributed by atoms with Crippen LogP contribution in [0.4, 0.5) is 5.69 Å². The number of nitrogens with zero attached hydrogens (tertiary/aromatic N) is 1. The Hall–Kier alpha value is -3.41. The van der Waals surface area contributed by atoms with Crippen molar-refractivity contribution in [3.8, 4) is 5.75 Å². The van der Waals surface area contributed by atoms with Crippen LogP contribution in [-0.4, -0.2) is 25.0 Å². The highest BCUT2D eigenvalue weighted by Gasteiger charge is 2.49. The molecule has 0 aliphatic carbocycles. The van der Waals surface area contributed by atoms with E-state index in [0.717, 1.165) is 11.1 Å². The summed E-state index contributed by atoms with van der Waals surface area (Å²) >= 11 is 0. The zero-order chi connectivity index (χ0) is 22.9. The van der Waals surface area contributed by atoms with E-state index < -0.39 is 17.4 Å². The van der Waals surface area contributed by atoms with Gasteiger partial charge in [0.25, 0.3) is 0 Å². The number of carbonyl (C=O) groups excluding carboxylic acids is 3. The van der Waals surface area contributed by atoms with Gasteiger partial charge >= 0.3 is 11.9 Å². The number of anilines is 1. The molecule has 0 unspecified atom stereocenters. The fourth-order valence-corrected chi connectivity index (χ4v) is 4.23. The first-order valence-corrected chi connectivity index (χ1v) is 10.1. The van der Waals surface area contributed by atoms with E-state index in [2.05, 4.69) is 6.58 Å². The average molecular weight is 421 g/mol. The molecule has 1 amide bonds. The lowest BCUT2D eigenvalue weighted by molar-refractivity contribution is -0.132. The zero-order valence-electron chi connectivity index (χ0n) is 18.6. The Labute approximate surface area is 182 Å². The zero-order valence-corrected chi connectivity index (χ0v) is 18.6. The Morgan fingerprint density at radius 2 is 1.84 bits per heavy atom. The summed E-state index contributed by atoms with van der Waals surface area (Å²) in [7, 11) is 1.28. The number of allylic oxidation sites excluding steroid dienone is 1. The fraction of sp³-hybridized carbons (Fsp3) is 0.320. The van der Waals surface area contributed by atoms with Crippen molar-refractivity contribution in [3.05, 3.63) is 70.8 Å². The van der Waals surface area contributed by atoms with Crippen LogP contribution in [0.3, 0.4) is 0 Å². The molecule has 0 atom stereocenters. The first-order chi connectivity index (χ1) is 14.6. The summed E-state index contributed by atoms with van der Waals surface area (Å²) in [5.74, 6) is -1.24. The van der Waals surface area contributed by atoms with Crippen molar-refractivity contribution in [2.45, 2.75) is 46.1 Å². The van der Waals surface area contributed by atoms with Gasteiger partial charge in [-0.25, -0.2) is 4.79 Å². The van der Waals surface area contributed by atoms with E-state index in [4.69, 9.17) is 9.47 Å². The van der Waals surface area contributed by atoms with Gasteiger partial charge in [0.2, 0.25) is 5.91 Å².